The number of hydrogen-bond donors (Lipinski definition) is 1. The van der Waals surface area contributed by atoms with Crippen molar-refractivity contribution in [3.8, 4) is 22.6 Å². The normalized spacial score (nSPS) is 17.4. The molecule has 5 heteroatoms. The number of phenolic OH excluding ortho intramolecular Hbond substituents is 1. The summed E-state index contributed by atoms with van der Waals surface area (Å²) < 4.78 is 25.2. The molecule has 0 amide bonds. The number of ether oxygens (including phenoxy) is 2. The fraction of sp³-hybridized carbons (Fsp3) is 0.333. The molecule has 122 valence electrons. The molecule has 0 aromatic heterocycles. The van der Waals surface area contributed by atoms with Gasteiger partial charge in [0.05, 0.1) is 13.2 Å². The van der Waals surface area contributed by atoms with E-state index < -0.39 is 5.82 Å². The number of hydrogen-bond acceptors (Lipinski definition) is 3. The van der Waals surface area contributed by atoms with Gasteiger partial charge in [0.15, 0.2) is 0 Å². The molecule has 2 aromatic carbocycles. The third-order valence-corrected chi connectivity index (χ3v) is 4.42. The molecule has 23 heavy (non-hydrogen) atoms. The van der Waals surface area contributed by atoms with E-state index in [2.05, 4.69) is 0 Å². The minimum atomic E-state index is -0.434. The second-order valence-electron chi connectivity index (χ2n) is 5.80. The summed E-state index contributed by atoms with van der Waals surface area (Å²) in [4.78, 5) is 0. The molecule has 1 aliphatic rings. The molecule has 1 atom stereocenters. The molecule has 1 fully saturated rings. The van der Waals surface area contributed by atoms with Crippen molar-refractivity contribution in [3.05, 3.63) is 46.7 Å². The maximum atomic E-state index is 14.2. The summed E-state index contributed by atoms with van der Waals surface area (Å²) in [6.07, 6.45) is 0.975. The summed E-state index contributed by atoms with van der Waals surface area (Å²) in [5.74, 6) is 0.485. The van der Waals surface area contributed by atoms with Crippen LogP contribution in [-0.2, 0) is 4.74 Å². The standard InChI is InChI=1S/C18H18ClFO3/c1-11-6-18(21)15(8-16(11)19)14-7-13(2-3-17(14)20)23-10-12-4-5-22-9-12/h2-3,6-8,12,21H,4-5,9-10H2,1H3. The van der Waals surface area contributed by atoms with Crippen LogP contribution < -0.4 is 4.74 Å². The van der Waals surface area contributed by atoms with E-state index in [0.29, 0.717) is 35.5 Å². The highest BCUT2D eigenvalue weighted by Crippen LogP contribution is 2.37. The number of aryl methyl sites for hydroxylation is 1. The smallest absolute Gasteiger partial charge is 0.131 e. The van der Waals surface area contributed by atoms with Crippen LogP contribution in [0, 0.1) is 18.7 Å². The van der Waals surface area contributed by atoms with E-state index >= 15 is 0 Å². The molecular formula is C18H18ClFO3. The first kappa shape index (κ1) is 16.1. The summed E-state index contributed by atoms with van der Waals surface area (Å²) in [7, 11) is 0. The van der Waals surface area contributed by atoms with Gasteiger partial charge in [-0.15, -0.1) is 0 Å². The lowest BCUT2D eigenvalue weighted by Crippen LogP contribution is -2.11. The van der Waals surface area contributed by atoms with Crippen LogP contribution in [0.15, 0.2) is 30.3 Å². The van der Waals surface area contributed by atoms with Crippen LogP contribution in [0.25, 0.3) is 11.1 Å². The van der Waals surface area contributed by atoms with Gasteiger partial charge in [-0.2, -0.15) is 0 Å². The van der Waals surface area contributed by atoms with Gasteiger partial charge in [0.25, 0.3) is 0 Å². The zero-order valence-corrected chi connectivity index (χ0v) is 13.6. The van der Waals surface area contributed by atoms with E-state index in [1.165, 1.54) is 12.1 Å². The lowest BCUT2D eigenvalue weighted by atomic mass is 10.0. The molecule has 3 nitrogen and oxygen atoms in total. The third-order valence-electron chi connectivity index (χ3n) is 4.01. The highest BCUT2D eigenvalue weighted by atomic mass is 35.5. The summed E-state index contributed by atoms with van der Waals surface area (Å²) in [6, 6.07) is 7.61. The number of phenols is 1. The van der Waals surface area contributed by atoms with Crippen LogP contribution in [0.1, 0.15) is 12.0 Å². The summed E-state index contributed by atoms with van der Waals surface area (Å²) in [5, 5.41) is 10.6. The Morgan fingerprint density at radius 1 is 1.30 bits per heavy atom. The van der Waals surface area contributed by atoms with E-state index in [-0.39, 0.29) is 11.3 Å². The zero-order valence-electron chi connectivity index (χ0n) is 12.8. The average molecular weight is 337 g/mol. The molecule has 1 N–H and O–H groups in total. The van der Waals surface area contributed by atoms with Gasteiger partial charge in [-0.05, 0) is 49.2 Å². The summed E-state index contributed by atoms with van der Waals surface area (Å²) >= 11 is 6.10. The van der Waals surface area contributed by atoms with Crippen molar-refractivity contribution in [2.45, 2.75) is 13.3 Å². The topological polar surface area (TPSA) is 38.7 Å². The van der Waals surface area contributed by atoms with Crippen LogP contribution >= 0.6 is 11.6 Å². The van der Waals surface area contributed by atoms with Gasteiger partial charge in [0, 0.05) is 28.7 Å². The van der Waals surface area contributed by atoms with E-state index in [1.54, 1.807) is 25.1 Å². The first-order valence-electron chi connectivity index (χ1n) is 7.54. The van der Waals surface area contributed by atoms with Gasteiger partial charge in [-0.1, -0.05) is 11.6 Å². The molecule has 0 bridgehead atoms. The molecule has 1 unspecified atom stereocenters. The van der Waals surface area contributed by atoms with Crippen molar-refractivity contribution in [2.24, 2.45) is 5.92 Å². The highest BCUT2D eigenvalue weighted by Gasteiger charge is 2.17. The molecule has 1 heterocycles. The highest BCUT2D eigenvalue weighted by molar-refractivity contribution is 6.31. The minimum Gasteiger partial charge on any atom is -0.507 e. The fourth-order valence-electron chi connectivity index (χ4n) is 2.61. The molecule has 3 rings (SSSR count). The quantitative estimate of drug-likeness (QED) is 0.888. The summed E-state index contributed by atoms with van der Waals surface area (Å²) in [5.41, 5.74) is 1.36. The molecule has 1 saturated heterocycles. The van der Waals surface area contributed by atoms with E-state index in [1.807, 2.05) is 0 Å². The Balaban J connectivity index is 1.87. The third kappa shape index (κ3) is 3.59. The van der Waals surface area contributed by atoms with Crippen molar-refractivity contribution >= 4 is 11.6 Å². The first-order chi connectivity index (χ1) is 11.0. The van der Waals surface area contributed by atoms with Crippen molar-refractivity contribution < 1.29 is 19.0 Å². The molecule has 0 radical (unpaired) electrons. The average Bonchev–Trinajstić information content (AvgIpc) is 3.04. The lowest BCUT2D eigenvalue weighted by Gasteiger charge is -2.13. The largest absolute Gasteiger partial charge is 0.507 e. The molecule has 0 spiro atoms. The Hall–Kier alpha value is -1.78. The molecule has 0 aliphatic carbocycles. The second kappa shape index (κ2) is 6.77. The van der Waals surface area contributed by atoms with Crippen molar-refractivity contribution in [3.63, 3.8) is 0 Å². The molecular weight excluding hydrogens is 319 g/mol. The van der Waals surface area contributed by atoms with Crippen LogP contribution in [0.4, 0.5) is 4.39 Å². The van der Waals surface area contributed by atoms with Crippen LogP contribution in [0.5, 0.6) is 11.5 Å². The Morgan fingerprint density at radius 3 is 2.87 bits per heavy atom. The van der Waals surface area contributed by atoms with Crippen LogP contribution in [0.3, 0.4) is 0 Å². The lowest BCUT2D eigenvalue weighted by molar-refractivity contribution is 0.167. The Morgan fingerprint density at radius 2 is 2.13 bits per heavy atom. The second-order valence-corrected chi connectivity index (χ2v) is 6.21. The maximum Gasteiger partial charge on any atom is 0.131 e. The van der Waals surface area contributed by atoms with E-state index in [9.17, 15) is 9.50 Å². The monoisotopic (exact) mass is 336 g/mol. The molecule has 0 saturated carbocycles. The van der Waals surface area contributed by atoms with E-state index in [0.717, 1.165) is 18.6 Å². The van der Waals surface area contributed by atoms with Gasteiger partial charge in [0.1, 0.15) is 17.3 Å². The molecule has 2 aromatic rings. The van der Waals surface area contributed by atoms with Crippen LogP contribution in [-0.4, -0.2) is 24.9 Å². The number of benzene rings is 2. The predicted molar refractivity (Wildman–Crippen MR) is 87.7 cm³/mol. The fourth-order valence-corrected chi connectivity index (χ4v) is 2.78. The Kier molecular flexibility index (Phi) is 4.74. The summed E-state index contributed by atoms with van der Waals surface area (Å²) in [6.45, 7) is 3.78. The van der Waals surface area contributed by atoms with Gasteiger partial charge < -0.3 is 14.6 Å². The van der Waals surface area contributed by atoms with E-state index in [4.69, 9.17) is 21.1 Å². The SMILES string of the molecule is Cc1cc(O)c(-c2cc(OCC3CCOC3)ccc2F)cc1Cl. The maximum absolute atomic E-state index is 14.2. The zero-order chi connectivity index (χ0) is 16.4. The Labute approximate surface area is 139 Å². The van der Waals surface area contributed by atoms with Crippen molar-refractivity contribution in [1.82, 2.24) is 0 Å². The number of aromatic hydroxyl groups is 1. The predicted octanol–water partition coefficient (Wildman–Crippen LogP) is 4.58. The number of halogens is 2. The van der Waals surface area contributed by atoms with Crippen molar-refractivity contribution in [2.75, 3.05) is 19.8 Å². The van der Waals surface area contributed by atoms with Gasteiger partial charge in [-0.3, -0.25) is 0 Å². The van der Waals surface area contributed by atoms with Crippen molar-refractivity contribution in [1.29, 1.82) is 0 Å². The van der Waals surface area contributed by atoms with Crippen LogP contribution in [0.2, 0.25) is 5.02 Å². The minimum absolute atomic E-state index is 0.00728. The van der Waals surface area contributed by atoms with Gasteiger partial charge >= 0.3 is 0 Å². The first-order valence-corrected chi connectivity index (χ1v) is 7.92. The Bertz CT molecular complexity index is 712. The number of rotatable bonds is 4. The molecule has 1 aliphatic heterocycles. The van der Waals surface area contributed by atoms with Gasteiger partial charge in [-0.25, -0.2) is 4.39 Å². The van der Waals surface area contributed by atoms with Gasteiger partial charge in [0.2, 0.25) is 0 Å².